The summed E-state index contributed by atoms with van der Waals surface area (Å²) in [5.74, 6) is -0.320. The van der Waals surface area contributed by atoms with E-state index in [-0.39, 0.29) is 11.9 Å². The third-order valence-electron chi connectivity index (χ3n) is 3.26. The van der Waals surface area contributed by atoms with Crippen LogP contribution in [0.15, 0.2) is 28.6 Å². The van der Waals surface area contributed by atoms with Crippen molar-refractivity contribution in [1.29, 1.82) is 0 Å². The molecule has 0 aliphatic rings. The van der Waals surface area contributed by atoms with E-state index in [1.165, 1.54) is 17.4 Å². The predicted molar refractivity (Wildman–Crippen MR) is 107 cm³/mol. The summed E-state index contributed by atoms with van der Waals surface area (Å²) in [6, 6.07) is 3.22. The number of aromatic nitrogens is 1. The largest absolute Gasteiger partial charge is 0.384 e. The fourth-order valence-electron chi connectivity index (χ4n) is 2.04. The van der Waals surface area contributed by atoms with E-state index in [4.69, 9.17) is 17.3 Å². The lowest BCUT2D eigenvalue weighted by atomic mass is 10.2. The van der Waals surface area contributed by atoms with Gasteiger partial charge in [0, 0.05) is 30.7 Å². The molecule has 0 radical (unpaired) electrons. The molecule has 25 heavy (non-hydrogen) atoms. The quantitative estimate of drug-likeness (QED) is 0.333. The first-order chi connectivity index (χ1) is 12.1. The molecule has 0 saturated heterocycles. The summed E-state index contributed by atoms with van der Waals surface area (Å²) in [6.07, 6.45) is 3.67. The monoisotopic (exact) mass is 403 g/mol. The number of nitrogens with two attached hydrogens (primary N) is 1. The summed E-state index contributed by atoms with van der Waals surface area (Å²) in [4.78, 5) is 4.52. The molecule has 5 nitrogen and oxygen atoms in total. The fraction of sp³-hybridized carbons (Fsp3) is 0.438. The molecule has 0 amide bonds. The maximum atomic E-state index is 14.2. The molecule has 0 aliphatic carbocycles. The Morgan fingerprint density at radius 3 is 2.88 bits per heavy atom. The Kier molecular flexibility index (Phi) is 8.77. The van der Waals surface area contributed by atoms with Crippen LogP contribution in [0.2, 0.25) is 5.02 Å². The Morgan fingerprint density at radius 1 is 1.36 bits per heavy atom. The van der Waals surface area contributed by atoms with E-state index in [9.17, 15) is 4.39 Å². The molecule has 1 aromatic heterocycles. The van der Waals surface area contributed by atoms with E-state index >= 15 is 0 Å². The highest BCUT2D eigenvalue weighted by molar-refractivity contribution is 8.00. The molecule has 5 N–H and O–H groups in total. The minimum atomic E-state index is -0.320. The van der Waals surface area contributed by atoms with Gasteiger partial charge in [0.25, 0.3) is 0 Å². The van der Waals surface area contributed by atoms with Crippen LogP contribution >= 0.6 is 34.9 Å². The normalized spacial score (nSPS) is 12.2. The Balaban J connectivity index is 1.75. The number of nitrogens with one attached hydrogen (secondary N) is 3. The summed E-state index contributed by atoms with van der Waals surface area (Å²) in [6.45, 7) is 4.45. The number of benzene rings is 1. The first kappa shape index (κ1) is 20.3. The first-order valence-electron chi connectivity index (χ1n) is 8.08. The average Bonchev–Trinajstić information content (AvgIpc) is 3.08. The average molecular weight is 404 g/mol. The second-order valence-corrected chi connectivity index (χ2v) is 7.77. The van der Waals surface area contributed by atoms with Crippen LogP contribution in [0.5, 0.6) is 0 Å². The zero-order valence-corrected chi connectivity index (χ0v) is 16.4. The van der Waals surface area contributed by atoms with Gasteiger partial charge in [-0.3, -0.25) is 0 Å². The Hall–Kier alpha value is -1.06. The smallest absolute Gasteiger partial charge is 0.192 e. The minimum absolute atomic E-state index is 0.168. The molecule has 138 valence electrons. The highest BCUT2D eigenvalue weighted by atomic mass is 35.5. The van der Waals surface area contributed by atoms with Gasteiger partial charge in [0.15, 0.2) is 5.13 Å². The third kappa shape index (κ3) is 7.37. The van der Waals surface area contributed by atoms with Crippen molar-refractivity contribution in [2.75, 3.05) is 29.7 Å². The SMILES string of the molecule is C[C@H](N)CNCCCCNc1cc(F)c(SNc2nccs2)cc1Cl. The molecule has 1 atom stereocenters. The molecule has 1 aromatic carbocycles. The summed E-state index contributed by atoms with van der Waals surface area (Å²) >= 11 is 8.86. The lowest BCUT2D eigenvalue weighted by Crippen LogP contribution is -2.31. The molecule has 0 bridgehead atoms. The van der Waals surface area contributed by atoms with E-state index in [1.54, 1.807) is 12.3 Å². The van der Waals surface area contributed by atoms with E-state index in [2.05, 4.69) is 20.3 Å². The fourth-order valence-corrected chi connectivity index (χ4v) is 3.61. The number of halogens is 2. The first-order valence-corrected chi connectivity index (χ1v) is 10.1. The zero-order chi connectivity index (χ0) is 18.1. The molecule has 2 aromatic rings. The number of rotatable bonds is 11. The molecule has 0 unspecified atom stereocenters. The second kappa shape index (κ2) is 10.8. The maximum absolute atomic E-state index is 14.2. The lowest BCUT2D eigenvalue weighted by Gasteiger charge is -2.11. The minimum Gasteiger partial charge on any atom is -0.384 e. The van der Waals surface area contributed by atoms with Gasteiger partial charge in [-0.25, -0.2) is 9.37 Å². The topological polar surface area (TPSA) is 75.0 Å². The highest BCUT2D eigenvalue weighted by Gasteiger charge is 2.10. The van der Waals surface area contributed by atoms with Crippen LogP contribution in [0.25, 0.3) is 0 Å². The molecular weight excluding hydrogens is 381 g/mol. The molecule has 2 rings (SSSR count). The molecule has 0 saturated carbocycles. The maximum Gasteiger partial charge on any atom is 0.192 e. The van der Waals surface area contributed by atoms with Gasteiger partial charge in [0.2, 0.25) is 0 Å². The van der Waals surface area contributed by atoms with Crippen molar-refractivity contribution in [3.8, 4) is 0 Å². The van der Waals surface area contributed by atoms with Gasteiger partial charge in [-0.2, -0.15) is 0 Å². The molecule has 1 heterocycles. The lowest BCUT2D eigenvalue weighted by molar-refractivity contribution is 0.583. The van der Waals surface area contributed by atoms with Gasteiger partial charge >= 0.3 is 0 Å². The zero-order valence-electron chi connectivity index (χ0n) is 14.0. The highest BCUT2D eigenvalue weighted by Crippen LogP contribution is 2.32. The van der Waals surface area contributed by atoms with Crippen LogP contribution in [0.4, 0.5) is 15.2 Å². The van der Waals surface area contributed by atoms with Crippen LogP contribution in [-0.4, -0.2) is 30.7 Å². The van der Waals surface area contributed by atoms with Crippen molar-refractivity contribution in [2.45, 2.75) is 30.7 Å². The van der Waals surface area contributed by atoms with Crippen molar-refractivity contribution in [1.82, 2.24) is 10.3 Å². The molecule has 0 aliphatic heterocycles. The van der Waals surface area contributed by atoms with Crippen LogP contribution in [-0.2, 0) is 0 Å². The number of anilines is 2. The Labute approximate surface area is 161 Å². The number of nitrogens with zero attached hydrogens (tertiary/aromatic N) is 1. The van der Waals surface area contributed by atoms with Gasteiger partial charge in [-0.05, 0) is 50.4 Å². The van der Waals surface area contributed by atoms with Gasteiger partial charge in [0.05, 0.1) is 15.6 Å². The Morgan fingerprint density at radius 2 is 2.16 bits per heavy atom. The van der Waals surface area contributed by atoms with Gasteiger partial charge in [0.1, 0.15) is 5.82 Å². The van der Waals surface area contributed by atoms with Gasteiger partial charge < -0.3 is 21.1 Å². The van der Waals surface area contributed by atoms with Crippen molar-refractivity contribution in [2.24, 2.45) is 5.73 Å². The summed E-state index contributed by atoms with van der Waals surface area (Å²) in [5, 5.41) is 9.55. The molecule has 9 heteroatoms. The van der Waals surface area contributed by atoms with Crippen molar-refractivity contribution in [3.05, 3.63) is 34.5 Å². The van der Waals surface area contributed by atoms with Gasteiger partial charge in [-0.1, -0.05) is 11.6 Å². The third-order valence-corrected chi connectivity index (χ3v) is 5.22. The number of hydrogen-bond acceptors (Lipinski definition) is 7. The van der Waals surface area contributed by atoms with Crippen LogP contribution < -0.4 is 21.1 Å². The van der Waals surface area contributed by atoms with Crippen molar-refractivity contribution >= 4 is 45.7 Å². The number of unbranched alkanes of at least 4 members (excludes halogenated alkanes) is 1. The predicted octanol–water partition coefficient (Wildman–Crippen LogP) is 4.18. The van der Waals surface area contributed by atoms with Crippen molar-refractivity contribution < 1.29 is 4.39 Å². The molecule has 0 fully saturated rings. The van der Waals surface area contributed by atoms with Crippen molar-refractivity contribution in [3.63, 3.8) is 0 Å². The number of hydrogen-bond donors (Lipinski definition) is 4. The summed E-state index contributed by atoms with van der Waals surface area (Å²) in [5.41, 5.74) is 6.28. The standard InChI is InChI=1S/C16H23ClFN5S2/c1-11(19)10-20-4-2-3-5-21-14-9-13(18)15(8-12(14)17)25-23-16-22-6-7-24-16/h6-9,11,20-21H,2-5,10,19H2,1H3,(H,22,23)/t11-/m0/s1. The van der Waals surface area contributed by atoms with E-state index < -0.39 is 0 Å². The summed E-state index contributed by atoms with van der Waals surface area (Å²) < 4.78 is 17.2. The molecule has 0 spiro atoms. The Bertz CT molecular complexity index is 640. The van der Waals surface area contributed by atoms with Gasteiger partial charge in [-0.15, -0.1) is 11.3 Å². The van der Waals surface area contributed by atoms with Crippen LogP contribution in [0, 0.1) is 5.82 Å². The van der Waals surface area contributed by atoms with E-state index in [0.717, 1.165) is 49.6 Å². The second-order valence-electron chi connectivity index (χ2n) is 5.62. The van der Waals surface area contributed by atoms with Crippen LogP contribution in [0.3, 0.4) is 0 Å². The van der Waals surface area contributed by atoms with E-state index in [0.29, 0.717) is 15.6 Å². The molecular formula is C16H23ClFN5S2. The van der Waals surface area contributed by atoms with E-state index in [1.807, 2.05) is 12.3 Å². The summed E-state index contributed by atoms with van der Waals surface area (Å²) in [7, 11) is 0. The number of thiazole rings is 1. The van der Waals surface area contributed by atoms with Crippen LogP contribution in [0.1, 0.15) is 19.8 Å².